The largest absolute Gasteiger partial charge is 0.252 e. The Morgan fingerprint density at radius 1 is 1.29 bits per heavy atom. The highest BCUT2D eigenvalue weighted by atomic mass is 32.1. The summed E-state index contributed by atoms with van der Waals surface area (Å²) in [5, 5.41) is 5.09. The van der Waals surface area contributed by atoms with Crippen LogP contribution in [0.1, 0.15) is 20.8 Å². The van der Waals surface area contributed by atoms with Gasteiger partial charge in [0.1, 0.15) is 0 Å². The standard InChI is InChI=1S/C13H15N3S/c1-9(2)8-10(3)15-16-13-14-11-6-4-5-7-12(11)17-13/h4-8H,1-3H3,(H,14,16)/b15-10-. The van der Waals surface area contributed by atoms with Crippen LogP contribution in [0.4, 0.5) is 5.13 Å². The van der Waals surface area contributed by atoms with Gasteiger partial charge in [0.15, 0.2) is 0 Å². The lowest BCUT2D eigenvalue weighted by atomic mass is 10.3. The number of thiazole rings is 1. The van der Waals surface area contributed by atoms with Crippen LogP contribution >= 0.6 is 11.3 Å². The van der Waals surface area contributed by atoms with Crippen molar-refractivity contribution in [1.29, 1.82) is 0 Å². The van der Waals surface area contributed by atoms with Crippen LogP contribution in [-0.4, -0.2) is 10.7 Å². The van der Waals surface area contributed by atoms with Crippen LogP contribution in [0, 0.1) is 0 Å². The third-order valence-corrected chi connectivity index (χ3v) is 3.06. The molecule has 2 aromatic rings. The van der Waals surface area contributed by atoms with Gasteiger partial charge in [-0.2, -0.15) is 5.10 Å². The fraction of sp³-hybridized carbons (Fsp3) is 0.231. The summed E-state index contributed by atoms with van der Waals surface area (Å²) in [6.45, 7) is 6.07. The SMILES string of the molecule is CC(C)=C/C(C)=N\Nc1nc2ccccc2s1. The Bertz CT molecular complexity index is 544. The maximum atomic E-state index is 4.44. The molecule has 1 aromatic heterocycles. The van der Waals surface area contributed by atoms with Gasteiger partial charge < -0.3 is 0 Å². The summed E-state index contributed by atoms with van der Waals surface area (Å²) in [7, 11) is 0. The fourth-order valence-corrected chi connectivity index (χ4v) is 2.31. The van der Waals surface area contributed by atoms with Crippen LogP contribution in [-0.2, 0) is 0 Å². The third kappa shape index (κ3) is 3.14. The quantitative estimate of drug-likeness (QED) is 0.654. The van der Waals surface area contributed by atoms with E-state index in [1.165, 1.54) is 10.3 Å². The molecule has 0 fully saturated rings. The minimum atomic E-state index is 0.827. The van der Waals surface area contributed by atoms with E-state index in [4.69, 9.17) is 0 Å². The molecule has 0 saturated carbocycles. The maximum Gasteiger partial charge on any atom is 0.204 e. The molecule has 17 heavy (non-hydrogen) atoms. The molecule has 0 saturated heterocycles. The van der Waals surface area contributed by atoms with Crippen molar-refractivity contribution in [2.24, 2.45) is 5.10 Å². The second-order valence-electron chi connectivity index (χ2n) is 4.07. The lowest BCUT2D eigenvalue weighted by molar-refractivity contribution is 1.29. The Balaban J connectivity index is 2.16. The van der Waals surface area contributed by atoms with Gasteiger partial charge in [-0.1, -0.05) is 29.0 Å². The molecule has 0 radical (unpaired) electrons. The number of fused-ring (bicyclic) bond motifs is 1. The monoisotopic (exact) mass is 245 g/mol. The second kappa shape index (κ2) is 5.10. The van der Waals surface area contributed by atoms with Gasteiger partial charge in [-0.15, -0.1) is 0 Å². The zero-order valence-electron chi connectivity index (χ0n) is 10.2. The lowest BCUT2D eigenvalue weighted by Gasteiger charge is -1.95. The van der Waals surface area contributed by atoms with Gasteiger partial charge in [-0.25, -0.2) is 4.98 Å². The molecule has 0 aliphatic carbocycles. The summed E-state index contributed by atoms with van der Waals surface area (Å²) >= 11 is 1.61. The summed E-state index contributed by atoms with van der Waals surface area (Å²) in [4.78, 5) is 4.44. The van der Waals surface area contributed by atoms with Crippen molar-refractivity contribution in [3.05, 3.63) is 35.9 Å². The number of anilines is 1. The first kappa shape index (κ1) is 11.8. The van der Waals surface area contributed by atoms with Crippen molar-refractivity contribution in [3.8, 4) is 0 Å². The predicted octanol–water partition coefficient (Wildman–Crippen LogP) is 4.05. The Labute approximate surface area is 105 Å². The van der Waals surface area contributed by atoms with Crippen LogP contribution in [0.15, 0.2) is 41.0 Å². The molecule has 2 rings (SSSR count). The van der Waals surface area contributed by atoms with Gasteiger partial charge in [-0.05, 0) is 39.0 Å². The predicted molar refractivity (Wildman–Crippen MR) is 75.8 cm³/mol. The van der Waals surface area contributed by atoms with Crippen molar-refractivity contribution < 1.29 is 0 Å². The Hall–Kier alpha value is -1.68. The van der Waals surface area contributed by atoms with Gasteiger partial charge in [0.05, 0.1) is 15.9 Å². The lowest BCUT2D eigenvalue weighted by Crippen LogP contribution is -1.94. The van der Waals surface area contributed by atoms with Crippen LogP contribution in [0.2, 0.25) is 0 Å². The van der Waals surface area contributed by atoms with E-state index in [2.05, 4.69) is 35.4 Å². The number of nitrogens with one attached hydrogen (secondary N) is 1. The number of aromatic nitrogens is 1. The summed E-state index contributed by atoms with van der Waals surface area (Å²) in [5.41, 5.74) is 6.18. The van der Waals surface area contributed by atoms with Crippen molar-refractivity contribution >= 4 is 32.4 Å². The number of benzene rings is 1. The number of para-hydroxylation sites is 1. The molecule has 1 aromatic carbocycles. The van der Waals surface area contributed by atoms with Crippen LogP contribution in [0.3, 0.4) is 0 Å². The summed E-state index contributed by atoms with van der Waals surface area (Å²) < 4.78 is 1.17. The number of rotatable bonds is 3. The normalized spacial score (nSPS) is 11.6. The van der Waals surface area contributed by atoms with Crippen molar-refractivity contribution in [2.45, 2.75) is 20.8 Å². The zero-order valence-corrected chi connectivity index (χ0v) is 11.0. The number of hydrogen-bond donors (Lipinski definition) is 1. The molecule has 1 N–H and O–H groups in total. The van der Waals surface area contributed by atoms with E-state index in [1.54, 1.807) is 11.3 Å². The van der Waals surface area contributed by atoms with Crippen LogP contribution in [0.25, 0.3) is 10.2 Å². The average molecular weight is 245 g/mol. The summed E-state index contributed by atoms with van der Waals surface area (Å²) in [6, 6.07) is 8.07. The molecule has 3 nitrogen and oxygen atoms in total. The van der Waals surface area contributed by atoms with Gasteiger partial charge in [0.25, 0.3) is 0 Å². The van der Waals surface area contributed by atoms with E-state index in [0.717, 1.165) is 16.4 Å². The number of hydrazone groups is 1. The van der Waals surface area contributed by atoms with E-state index < -0.39 is 0 Å². The molecule has 1 heterocycles. The minimum Gasteiger partial charge on any atom is -0.252 e. The molecule has 0 amide bonds. The van der Waals surface area contributed by atoms with E-state index in [9.17, 15) is 0 Å². The van der Waals surface area contributed by atoms with Crippen molar-refractivity contribution in [3.63, 3.8) is 0 Å². The maximum absolute atomic E-state index is 4.44. The molecule has 0 aliphatic heterocycles. The smallest absolute Gasteiger partial charge is 0.204 e. The Morgan fingerprint density at radius 3 is 2.76 bits per heavy atom. The van der Waals surface area contributed by atoms with E-state index in [0.29, 0.717) is 0 Å². The molecule has 0 atom stereocenters. The second-order valence-corrected chi connectivity index (χ2v) is 5.10. The number of allylic oxidation sites excluding steroid dienone is 2. The highest BCUT2D eigenvalue weighted by molar-refractivity contribution is 7.22. The van der Waals surface area contributed by atoms with E-state index in [-0.39, 0.29) is 0 Å². The molecule has 0 unspecified atom stereocenters. The van der Waals surface area contributed by atoms with Gasteiger partial charge in [0, 0.05) is 0 Å². The number of hydrogen-bond acceptors (Lipinski definition) is 4. The van der Waals surface area contributed by atoms with Crippen LogP contribution < -0.4 is 5.43 Å². The third-order valence-electron chi connectivity index (χ3n) is 2.12. The molecule has 4 heteroatoms. The first-order valence-corrected chi connectivity index (χ1v) is 6.27. The first-order chi connectivity index (χ1) is 8.15. The highest BCUT2D eigenvalue weighted by Gasteiger charge is 2.00. The van der Waals surface area contributed by atoms with Gasteiger partial charge >= 0.3 is 0 Å². The average Bonchev–Trinajstić information content (AvgIpc) is 2.68. The molecule has 0 bridgehead atoms. The van der Waals surface area contributed by atoms with E-state index >= 15 is 0 Å². The zero-order chi connectivity index (χ0) is 12.3. The van der Waals surface area contributed by atoms with Crippen LogP contribution in [0.5, 0.6) is 0 Å². The number of nitrogens with zero attached hydrogens (tertiary/aromatic N) is 2. The molecule has 0 aliphatic rings. The minimum absolute atomic E-state index is 0.827. The van der Waals surface area contributed by atoms with Gasteiger partial charge in [-0.3, -0.25) is 5.43 Å². The first-order valence-electron chi connectivity index (χ1n) is 5.46. The summed E-state index contributed by atoms with van der Waals surface area (Å²) in [6.07, 6.45) is 2.03. The van der Waals surface area contributed by atoms with Crippen molar-refractivity contribution in [1.82, 2.24) is 4.98 Å². The molecule has 0 spiro atoms. The summed E-state index contributed by atoms with van der Waals surface area (Å²) in [5.74, 6) is 0. The van der Waals surface area contributed by atoms with Gasteiger partial charge in [0.2, 0.25) is 5.13 Å². The fourth-order valence-electron chi connectivity index (χ4n) is 1.51. The topological polar surface area (TPSA) is 37.3 Å². The Kier molecular flexibility index (Phi) is 3.54. The van der Waals surface area contributed by atoms with Crippen molar-refractivity contribution in [2.75, 3.05) is 5.43 Å². The molecular weight excluding hydrogens is 230 g/mol. The van der Waals surface area contributed by atoms with E-state index in [1.807, 2.05) is 31.2 Å². The Morgan fingerprint density at radius 2 is 2.06 bits per heavy atom. The highest BCUT2D eigenvalue weighted by Crippen LogP contribution is 2.25. The molecular formula is C13H15N3S. The molecule has 88 valence electrons.